The molecule has 2 N–H and O–H groups in total. The molecule has 1 atom stereocenters. The number of amides is 1. The van der Waals surface area contributed by atoms with E-state index in [4.69, 9.17) is 9.15 Å². The number of nitrogens with zero attached hydrogens (tertiary/aromatic N) is 1. The van der Waals surface area contributed by atoms with E-state index in [9.17, 15) is 9.59 Å². The molecule has 162 valence electrons. The topological polar surface area (TPSA) is 83.8 Å². The Morgan fingerprint density at radius 3 is 2.68 bits per heavy atom. The number of carbonyl (C=O) groups excluding carboxylic acids is 1. The molecule has 7 heteroatoms. The summed E-state index contributed by atoms with van der Waals surface area (Å²) >= 11 is 0. The standard InChI is InChI=1S/C24H27N3O4/c1-16-4-3-11-27(14-16)15-23(28)26-18-7-5-17(6-8-18)25-21-13-24(29)31-22-12-19(30-2)9-10-20(21)22/h5-10,12-13,16,25H,3-4,11,14-15H2,1-2H3,(H,26,28)/t16-/m0/s1. The number of methoxy groups -OCH3 is 1. The van der Waals surface area contributed by atoms with Gasteiger partial charge in [0.2, 0.25) is 5.91 Å². The molecule has 0 unspecified atom stereocenters. The molecule has 0 bridgehead atoms. The molecule has 0 radical (unpaired) electrons. The van der Waals surface area contributed by atoms with Crippen LogP contribution in [0.25, 0.3) is 11.0 Å². The van der Waals surface area contributed by atoms with Gasteiger partial charge in [-0.3, -0.25) is 9.69 Å². The van der Waals surface area contributed by atoms with Gasteiger partial charge in [-0.25, -0.2) is 4.79 Å². The first-order valence-corrected chi connectivity index (χ1v) is 10.5. The number of benzene rings is 2. The van der Waals surface area contributed by atoms with Gasteiger partial charge in [0.25, 0.3) is 0 Å². The lowest BCUT2D eigenvalue weighted by Crippen LogP contribution is -2.39. The molecule has 1 aromatic heterocycles. The number of rotatable bonds is 6. The number of likely N-dealkylation sites (tertiary alicyclic amines) is 1. The maximum atomic E-state index is 12.4. The van der Waals surface area contributed by atoms with Crippen molar-refractivity contribution in [1.82, 2.24) is 4.90 Å². The molecule has 3 aromatic rings. The first-order valence-electron chi connectivity index (χ1n) is 10.5. The minimum atomic E-state index is -0.445. The second-order valence-corrected chi connectivity index (χ2v) is 8.07. The van der Waals surface area contributed by atoms with E-state index in [1.54, 1.807) is 13.2 Å². The fourth-order valence-corrected chi connectivity index (χ4v) is 4.00. The monoisotopic (exact) mass is 421 g/mol. The van der Waals surface area contributed by atoms with E-state index in [-0.39, 0.29) is 5.91 Å². The summed E-state index contributed by atoms with van der Waals surface area (Å²) in [6, 6.07) is 14.2. The highest BCUT2D eigenvalue weighted by atomic mass is 16.5. The third kappa shape index (κ3) is 5.24. The van der Waals surface area contributed by atoms with Gasteiger partial charge < -0.3 is 19.8 Å². The quantitative estimate of drug-likeness (QED) is 0.580. The molecule has 2 aromatic carbocycles. The van der Waals surface area contributed by atoms with Crippen molar-refractivity contribution in [1.29, 1.82) is 0 Å². The Morgan fingerprint density at radius 1 is 1.16 bits per heavy atom. The molecule has 0 spiro atoms. The number of nitrogens with one attached hydrogen (secondary N) is 2. The summed E-state index contributed by atoms with van der Waals surface area (Å²) in [5, 5.41) is 6.99. The summed E-state index contributed by atoms with van der Waals surface area (Å²) in [5.41, 5.74) is 2.18. The lowest BCUT2D eigenvalue weighted by molar-refractivity contribution is -0.117. The normalized spacial score (nSPS) is 16.8. The van der Waals surface area contributed by atoms with Crippen LogP contribution in [0, 0.1) is 5.92 Å². The Labute approximate surface area is 181 Å². The largest absolute Gasteiger partial charge is 0.497 e. The van der Waals surface area contributed by atoms with Gasteiger partial charge in [-0.1, -0.05) is 6.92 Å². The van der Waals surface area contributed by atoms with Crippen molar-refractivity contribution < 1.29 is 13.9 Å². The number of fused-ring (bicyclic) bond motifs is 1. The Hall–Kier alpha value is -3.32. The summed E-state index contributed by atoms with van der Waals surface area (Å²) in [6.07, 6.45) is 2.38. The summed E-state index contributed by atoms with van der Waals surface area (Å²) in [7, 11) is 1.56. The van der Waals surface area contributed by atoms with Gasteiger partial charge in [-0.2, -0.15) is 0 Å². The summed E-state index contributed by atoms with van der Waals surface area (Å²) in [6.45, 7) is 4.60. The Morgan fingerprint density at radius 2 is 1.94 bits per heavy atom. The zero-order chi connectivity index (χ0) is 21.8. The molecule has 4 rings (SSSR count). The molecule has 0 saturated carbocycles. The first-order chi connectivity index (χ1) is 15.0. The van der Waals surface area contributed by atoms with E-state index in [0.29, 0.717) is 29.5 Å². The van der Waals surface area contributed by atoms with Gasteiger partial charge in [-0.15, -0.1) is 0 Å². The number of hydrogen-bond donors (Lipinski definition) is 2. The zero-order valence-corrected chi connectivity index (χ0v) is 17.8. The van der Waals surface area contributed by atoms with Crippen molar-refractivity contribution in [3.63, 3.8) is 0 Å². The van der Waals surface area contributed by atoms with Gasteiger partial charge in [0.1, 0.15) is 11.3 Å². The van der Waals surface area contributed by atoms with Crippen LogP contribution in [0.1, 0.15) is 19.8 Å². The van der Waals surface area contributed by atoms with E-state index >= 15 is 0 Å². The Balaban J connectivity index is 1.43. The maximum Gasteiger partial charge on any atom is 0.338 e. The molecular weight excluding hydrogens is 394 g/mol. The van der Waals surface area contributed by atoms with E-state index < -0.39 is 5.63 Å². The lowest BCUT2D eigenvalue weighted by Gasteiger charge is -2.30. The smallest absolute Gasteiger partial charge is 0.338 e. The van der Waals surface area contributed by atoms with Crippen molar-refractivity contribution in [2.24, 2.45) is 5.92 Å². The van der Waals surface area contributed by atoms with Crippen molar-refractivity contribution in [3.8, 4) is 5.75 Å². The highest BCUT2D eigenvalue weighted by Gasteiger charge is 2.18. The predicted octanol–water partition coefficient (Wildman–Crippen LogP) is 4.22. The highest BCUT2D eigenvalue weighted by molar-refractivity contribution is 5.94. The van der Waals surface area contributed by atoms with Crippen LogP contribution in [0.15, 0.2) is 57.7 Å². The number of anilines is 3. The van der Waals surface area contributed by atoms with Gasteiger partial charge >= 0.3 is 5.63 Å². The average Bonchev–Trinajstić information content (AvgIpc) is 2.74. The second kappa shape index (κ2) is 9.22. The number of piperidine rings is 1. The molecule has 1 fully saturated rings. The lowest BCUT2D eigenvalue weighted by atomic mass is 10.0. The average molecular weight is 421 g/mol. The van der Waals surface area contributed by atoms with E-state index in [1.165, 1.54) is 12.5 Å². The third-order valence-electron chi connectivity index (χ3n) is 5.51. The van der Waals surface area contributed by atoms with Crippen molar-refractivity contribution in [2.45, 2.75) is 19.8 Å². The summed E-state index contributed by atoms with van der Waals surface area (Å²) < 4.78 is 10.5. The van der Waals surface area contributed by atoms with E-state index in [0.717, 1.165) is 36.3 Å². The zero-order valence-electron chi connectivity index (χ0n) is 17.8. The molecule has 2 heterocycles. The molecule has 1 aliphatic rings. The van der Waals surface area contributed by atoms with Crippen LogP contribution >= 0.6 is 0 Å². The fourth-order valence-electron chi connectivity index (χ4n) is 4.00. The van der Waals surface area contributed by atoms with E-state index in [1.807, 2.05) is 36.4 Å². The molecular formula is C24H27N3O4. The number of hydrogen-bond acceptors (Lipinski definition) is 6. The minimum Gasteiger partial charge on any atom is -0.497 e. The first kappa shape index (κ1) is 20.9. The van der Waals surface area contributed by atoms with Crippen LogP contribution in [0.5, 0.6) is 5.75 Å². The fraction of sp³-hybridized carbons (Fsp3) is 0.333. The van der Waals surface area contributed by atoms with Crippen molar-refractivity contribution in [2.75, 3.05) is 37.4 Å². The van der Waals surface area contributed by atoms with Gasteiger partial charge in [-0.05, 0) is 61.7 Å². The molecule has 31 heavy (non-hydrogen) atoms. The molecule has 1 aliphatic heterocycles. The van der Waals surface area contributed by atoms with Crippen LogP contribution in [0.2, 0.25) is 0 Å². The van der Waals surface area contributed by atoms with Crippen molar-refractivity contribution in [3.05, 3.63) is 59.0 Å². The second-order valence-electron chi connectivity index (χ2n) is 8.07. The number of carbonyl (C=O) groups is 1. The predicted molar refractivity (Wildman–Crippen MR) is 122 cm³/mol. The SMILES string of the molecule is COc1ccc2c(Nc3ccc(NC(=O)CN4CCC[C@H](C)C4)cc3)cc(=O)oc2c1. The van der Waals surface area contributed by atoms with E-state index in [2.05, 4.69) is 22.5 Å². The molecule has 1 saturated heterocycles. The number of ether oxygens (including phenoxy) is 1. The van der Waals surface area contributed by atoms with Crippen LogP contribution in [0.4, 0.5) is 17.1 Å². The van der Waals surface area contributed by atoms with Crippen LogP contribution in [-0.2, 0) is 4.79 Å². The minimum absolute atomic E-state index is 0.00424. The summed E-state index contributed by atoms with van der Waals surface area (Å²) in [4.78, 5) is 26.5. The molecule has 7 nitrogen and oxygen atoms in total. The third-order valence-corrected chi connectivity index (χ3v) is 5.51. The molecule has 1 amide bonds. The molecule has 0 aliphatic carbocycles. The summed E-state index contributed by atoms with van der Waals surface area (Å²) in [5.74, 6) is 1.26. The van der Waals surface area contributed by atoms with Crippen molar-refractivity contribution >= 4 is 33.9 Å². The van der Waals surface area contributed by atoms with Crippen LogP contribution in [0.3, 0.4) is 0 Å². The Kier molecular flexibility index (Phi) is 6.23. The van der Waals surface area contributed by atoms with Crippen LogP contribution in [-0.4, -0.2) is 37.6 Å². The van der Waals surface area contributed by atoms with Gasteiger partial charge in [0.05, 0.1) is 19.3 Å². The van der Waals surface area contributed by atoms with Gasteiger partial charge in [0.15, 0.2) is 0 Å². The highest BCUT2D eigenvalue weighted by Crippen LogP contribution is 2.28. The maximum absolute atomic E-state index is 12.4. The Bertz CT molecular complexity index is 1120. The van der Waals surface area contributed by atoms with Gasteiger partial charge in [0, 0.05) is 35.4 Å². The van der Waals surface area contributed by atoms with Crippen LogP contribution < -0.4 is 21.0 Å².